The Bertz CT molecular complexity index is 911. The third kappa shape index (κ3) is 4.76. The van der Waals surface area contributed by atoms with E-state index < -0.39 is 11.0 Å². The lowest BCUT2D eigenvalue weighted by Crippen LogP contribution is -2.61. The first kappa shape index (κ1) is 23.0. The van der Waals surface area contributed by atoms with Crippen LogP contribution in [-0.2, 0) is 4.79 Å². The maximum absolute atomic E-state index is 13.3. The number of nitrogens with zero attached hydrogens (tertiary/aromatic N) is 1. The highest BCUT2D eigenvalue weighted by molar-refractivity contribution is 8.00. The summed E-state index contributed by atoms with van der Waals surface area (Å²) < 4.78 is 11.5. The summed E-state index contributed by atoms with van der Waals surface area (Å²) in [5, 5.41) is 18.6. The van der Waals surface area contributed by atoms with E-state index >= 15 is 0 Å². The van der Waals surface area contributed by atoms with E-state index in [0.29, 0.717) is 33.8 Å². The standard InChI is InChI=1S/C24H35N3O5S/c1-23(2,11-17(25)28)12-31-22-20(33-16-4-3-5-16)19(32-27-22)21(29)26-18-14-6-13-7-15(18)10-24(30,8-13)9-14/h13-16,18,30H,3-12H2,1-2H3,(H2,25,28)(H,26,29)/t13?,14?,15?,18-,24-. The number of carbonyl (C=O) groups is 2. The molecule has 0 aromatic carbocycles. The molecule has 9 heteroatoms. The Labute approximate surface area is 198 Å². The molecule has 1 aromatic rings. The first-order valence-corrected chi connectivity index (χ1v) is 13.1. The number of carbonyl (C=O) groups excluding carboxylic acids is 2. The Morgan fingerprint density at radius 1 is 1.27 bits per heavy atom. The molecule has 8 nitrogen and oxygen atoms in total. The third-order valence-corrected chi connectivity index (χ3v) is 9.35. The fraction of sp³-hybridized carbons (Fsp3) is 0.792. The van der Waals surface area contributed by atoms with Gasteiger partial charge in [0.1, 0.15) is 4.90 Å². The van der Waals surface area contributed by atoms with Crippen molar-refractivity contribution in [2.24, 2.45) is 28.9 Å². The van der Waals surface area contributed by atoms with Crippen LogP contribution in [0.15, 0.2) is 9.42 Å². The first-order valence-electron chi connectivity index (χ1n) is 12.2. The second kappa shape index (κ2) is 8.48. The molecule has 0 spiro atoms. The van der Waals surface area contributed by atoms with Crippen molar-refractivity contribution in [3.8, 4) is 5.88 Å². The first-order chi connectivity index (χ1) is 15.6. The van der Waals surface area contributed by atoms with Crippen LogP contribution in [0.25, 0.3) is 0 Å². The fourth-order valence-electron chi connectivity index (χ4n) is 6.48. The van der Waals surface area contributed by atoms with Gasteiger partial charge in [-0.25, -0.2) is 0 Å². The molecule has 1 aromatic heterocycles. The van der Waals surface area contributed by atoms with Crippen LogP contribution in [0.4, 0.5) is 0 Å². The summed E-state index contributed by atoms with van der Waals surface area (Å²) in [7, 11) is 0. The number of thioether (sulfide) groups is 1. The second-order valence-electron chi connectivity index (χ2n) is 11.6. The highest BCUT2D eigenvalue weighted by Crippen LogP contribution is 2.55. The van der Waals surface area contributed by atoms with Crippen molar-refractivity contribution in [1.82, 2.24) is 10.5 Å². The quantitative estimate of drug-likeness (QED) is 0.498. The number of hydrogen-bond acceptors (Lipinski definition) is 7. The number of amides is 2. The largest absolute Gasteiger partial charge is 0.474 e. The molecular formula is C24H35N3O5S. The summed E-state index contributed by atoms with van der Waals surface area (Å²) in [4.78, 5) is 25.3. The molecule has 182 valence electrons. The Hall–Kier alpha value is -1.74. The molecule has 5 aliphatic rings. The Balaban J connectivity index is 1.31. The molecule has 2 unspecified atom stereocenters. The van der Waals surface area contributed by atoms with Gasteiger partial charge in [-0.2, -0.15) is 0 Å². The average molecular weight is 478 g/mol. The molecule has 2 amide bonds. The van der Waals surface area contributed by atoms with Crippen molar-refractivity contribution in [2.75, 3.05) is 6.61 Å². The molecule has 5 aliphatic carbocycles. The topological polar surface area (TPSA) is 128 Å². The summed E-state index contributed by atoms with van der Waals surface area (Å²) >= 11 is 1.60. The summed E-state index contributed by atoms with van der Waals surface area (Å²) in [6.07, 6.45) is 8.18. The van der Waals surface area contributed by atoms with E-state index in [1.807, 2.05) is 13.8 Å². The number of nitrogens with two attached hydrogens (primary N) is 1. The van der Waals surface area contributed by atoms with Crippen molar-refractivity contribution in [2.45, 2.75) is 93.4 Å². The lowest BCUT2D eigenvalue weighted by atomic mass is 9.52. The predicted octanol–water partition coefficient (Wildman–Crippen LogP) is 3.27. The van der Waals surface area contributed by atoms with Crippen molar-refractivity contribution in [3.05, 3.63) is 5.76 Å². The lowest BCUT2D eigenvalue weighted by molar-refractivity contribution is -0.137. The van der Waals surface area contributed by atoms with Gasteiger partial charge in [-0.05, 0) is 67.9 Å². The molecule has 4 N–H and O–H groups in total. The van der Waals surface area contributed by atoms with Gasteiger partial charge in [-0.1, -0.05) is 20.3 Å². The number of rotatable bonds is 9. The average Bonchev–Trinajstić information content (AvgIpc) is 3.06. The number of aromatic nitrogens is 1. The molecule has 5 fully saturated rings. The van der Waals surface area contributed by atoms with Gasteiger partial charge >= 0.3 is 0 Å². The highest BCUT2D eigenvalue weighted by Gasteiger charge is 2.55. The van der Waals surface area contributed by atoms with Crippen molar-refractivity contribution in [1.29, 1.82) is 0 Å². The minimum Gasteiger partial charge on any atom is -0.474 e. The summed E-state index contributed by atoms with van der Waals surface area (Å²) in [6.45, 7) is 4.06. The smallest absolute Gasteiger partial charge is 0.291 e. The molecular weight excluding hydrogens is 442 g/mol. The SMILES string of the molecule is CC(C)(COc1noc(C(=O)N[C@H]2C3CC4CC2C[C@](O)(C4)C3)c1SC1CCC1)CC(N)=O. The predicted molar refractivity (Wildman–Crippen MR) is 123 cm³/mol. The maximum atomic E-state index is 13.3. The second-order valence-corrected chi connectivity index (χ2v) is 12.9. The Morgan fingerprint density at radius 2 is 1.97 bits per heavy atom. The zero-order valence-electron chi connectivity index (χ0n) is 19.5. The van der Waals surface area contributed by atoms with Crippen LogP contribution in [0.1, 0.15) is 82.2 Å². The molecule has 0 radical (unpaired) electrons. The molecule has 4 bridgehead atoms. The summed E-state index contributed by atoms with van der Waals surface area (Å²) in [5.74, 6) is 1.12. The molecule has 0 saturated heterocycles. The summed E-state index contributed by atoms with van der Waals surface area (Å²) in [5.41, 5.74) is 4.37. The van der Waals surface area contributed by atoms with E-state index in [4.69, 9.17) is 15.0 Å². The van der Waals surface area contributed by atoms with Crippen LogP contribution in [0.2, 0.25) is 0 Å². The van der Waals surface area contributed by atoms with Crippen LogP contribution in [-0.4, -0.2) is 45.6 Å². The zero-order valence-corrected chi connectivity index (χ0v) is 20.3. The van der Waals surface area contributed by atoms with Crippen LogP contribution >= 0.6 is 11.8 Å². The summed E-state index contributed by atoms with van der Waals surface area (Å²) in [6, 6.07) is 0.0693. The van der Waals surface area contributed by atoms with E-state index in [-0.39, 0.29) is 36.6 Å². The van der Waals surface area contributed by atoms with Gasteiger partial charge in [0.25, 0.3) is 11.8 Å². The normalized spacial score (nSPS) is 33.1. The van der Waals surface area contributed by atoms with Crippen LogP contribution in [0, 0.1) is 23.2 Å². The minimum absolute atomic E-state index is 0.0693. The van der Waals surface area contributed by atoms with Crippen molar-refractivity contribution < 1.29 is 24.0 Å². The fourth-order valence-corrected chi connectivity index (χ4v) is 7.82. The lowest BCUT2D eigenvalue weighted by Gasteiger charge is -2.58. The third-order valence-electron chi connectivity index (χ3n) is 7.95. The van der Waals surface area contributed by atoms with Crippen LogP contribution < -0.4 is 15.8 Å². The number of primary amides is 1. The van der Waals surface area contributed by atoms with E-state index in [2.05, 4.69) is 10.5 Å². The number of ether oxygens (including phenoxy) is 1. The molecule has 2 atom stereocenters. The zero-order chi connectivity index (χ0) is 23.4. The van der Waals surface area contributed by atoms with Crippen molar-refractivity contribution in [3.63, 3.8) is 0 Å². The molecule has 0 aliphatic heterocycles. The number of aliphatic hydroxyl groups is 1. The van der Waals surface area contributed by atoms with Gasteiger partial charge in [0.05, 0.1) is 12.2 Å². The number of hydrogen-bond donors (Lipinski definition) is 3. The minimum atomic E-state index is -0.534. The van der Waals surface area contributed by atoms with Gasteiger partial charge in [0.15, 0.2) is 0 Å². The van der Waals surface area contributed by atoms with Gasteiger partial charge in [-0.15, -0.1) is 11.8 Å². The molecule has 1 heterocycles. The van der Waals surface area contributed by atoms with E-state index in [1.54, 1.807) is 11.8 Å². The molecule has 33 heavy (non-hydrogen) atoms. The van der Waals surface area contributed by atoms with Gasteiger partial charge < -0.3 is 25.4 Å². The van der Waals surface area contributed by atoms with Crippen LogP contribution in [0.5, 0.6) is 5.88 Å². The monoisotopic (exact) mass is 477 g/mol. The van der Waals surface area contributed by atoms with E-state index in [1.165, 1.54) is 6.42 Å². The van der Waals surface area contributed by atoms with Gasteiger partial charge in [0, 0.05) is 23.1 Å². The maximum Gasteiger partial charge on any atom is 0.291 e. The van der Waals surface area contributed by atoms with E-state index in [0.717, 1.165) is 44.9 Å². The number of nitrogens with one attached hydrogen (secondary N) is 1. The van der Waals surface area contributed by atoms with Gasteiger partial charge in [-0.3, -0.25) is 9.59 Å². The van der Waals surface area contributed by atoms with Gasteiger partial charge in [0.2, 0.25) is 11.7 Å². The molecule has 6 rings (SSSR count). The Kier molecular flexibility index (Phi) is 5.92. The van der Waals surface area contributed by atoms with E-state index in [9.17, 15) is 14.7 Å². The molecule has 5 saturated carbocycles. The Morgan fingerprint density at radius 3 is 2.55 bits per heavy atom. The van der Waals surface area contributed by atoms with Crippen LogP contribution in [0.3, 0.4) is 0 Å². The van der Waals surface area contributed by atoms with Crippen molar-refractivity contribution >= 4 is 23.6 Å². The highest BCUT2D eigenvalue weighted by atomic mass is 32.2.